The van der Waals surface area contributed by atoms with Gasteiger partial charge >= 0.3 is 0 Å². The molecule has 5 rings (SSSR count). The van der Waals surface area contributed by atoms with Crippen molar-refractivity contribution >= 4 is 21.8 Å². The van der Waals surface area contributed by atoms with Gasteiger partial charge in [-0.2, -0.15) is 0 Å². The largest absolute Gasteiger partial charge is 0.494 e. The summed E-state index contributed by atoms with van der Waals surface area (Å²) in [5, 5.41) is 2.31. The van der Waals surface area contributed by atoms with E-state index in [1.54, 1.807) is 0 Å². The molecule has 0 aliphatic heterocycles. The molecule has 1 aromatic heterocycles. The third-order valence-corrected chi connectivity index (χ3v) is 5.41. The second-order valence-corrected chi connectivity index (χ2v) is 7.52. The van der Waals surface area contributed by atoms with E-state index in [0.29, 0.717) is 13.2 Å². The van der Waals surface area contributed by atoms with Gasteiger partial charge in [-0.3, -0.25) is 0 Å². The third kappa shape index (κ3) is 3.87. The van der Waals surface area contributed by atoms with E-state index in [1.165, 1.54) is 0 Å². The first-order chi connectivity index (χ1) is 15.7. The van der Waals surface area contributed by atoms with Gasteiger partial charge in [-0.1, -0.05) is 24.3 Å². The Labute approximate surface area is 187 Å². The van der Waals surface area contributed by atoms with Gasteiger partial charge in [0, 0.05) is 11.1 Å². The highest BCUT2D eigenvalue weighted by Crippen LogP contribution is 2.33. The van der Waals surface area contributed by atoms with Crippen molar-refractivity contribution in [2.45, 2.75) is 13.8 Å². The fraction of sp³-hybridized carbons (Fsp3) is 0.143. The Balaban J connectivity index is 1.70. The Morgan fingerprint density at radius 3 is 1.34 bits per heavy atom. The molecule has 158 valence electrons. The van der Waals surface area contributed by atoms with Crippen molar-refractivity contribution in [1.82, 2.24) is 9.97 Å². The fourth-order valence-corrected chi connectivity index (χ4v) is 3.90. The first-order valence-corrected chi connectivity index (χ1v) is 10.9. The average Bonchev–Trinajstić information content (AvgIpc) is 2.83. The Morgan fingerprint density at radius 2 is 0.969 bits per heavy atom. The standard InChI is InChI=1S/C28H24N2O2/c1-3-31-23-13-9-19(10-14-23)27-28(20-11-15-24(16-12-20)32-4-2)30-26-18-22-8-6-5-7-21(22)17-25(26)29-27/h5-18H,3-4H2,1-2H3. The van der Waals surface area contributed by atoms with Gasteiger partial charge in [-0.25, -0.2) is 9.97 Å². The first-order valence-electron chi connectivity index (χ1n) is 10.9. The zero-order valence-corrected chi connectivity index (χ0v) is 18.2. The van der Waals surface area contributed by atoms with Gasteiger partial charge in [0.2, 0.25) is 0 Å². The lowest BCUT2D eigenvalue weighted by Crippen LogP contribution is -1.97. The van der Waals surface area contributed by atoms with E-state index in [0.717, 1.165) is 55.8 Å². The van der Waals surface area contributed by atoms with Crippen LogP contribution in [0.15, 0.2) is 84.9 Å². The molecule has 0 fully saturated rings. The molecule has 0 saturated carbocycles. The molecule has 5 aromatic rings. The van der Waals surface area contributed by atoms with E-state index in [-0.39, 0.29) is 0 Å². The van der Waals surface area contributed by atoms with E-state index in [2.05, 4.69) is 24.3 Å². The summed E-state index contributed by atoms with van der Waals surface area (Å²) in [5.41, 5.74) is 5.45. The van der Waals surface area contributed by atoms with Crippen molar-refractivity contribution in [3.63, 3.8) is 0 Å². The number of aromatic nitrogens is 2. The van der Waals surface area contributed by atoms with Crippen molar-refractivity contribution in [3.05, 3.63) is 84.9 Å². The number of nitrogens with zero attached hydrogens (tertiary/aromatic N) is 2. The number of hydrogen-bond donors (Lipinski definition) is 0. The maximum Gasteiger partial charge on any atom is 0.119 e. The lowest BCUT2D eigenvalue weighted by atomic mass is 10.0. The zero-order valence-electron chi connectivity index (χ0n) is 18.2. The molecule has 0 aliphatic carbocycles. The minimum atomic E-state index is 0.639. The predicted octanol–water partition coefficient (Wildman–Crippen LogP) is 6.91. The molecule has 4 nitrogen and oxygen atoms in total. The molecule has 1 heterocycles. The van der Waals surface area contributed by atoms with Crippen LogP contribution >= 0.6 is 0 Å². The summed E-state index contributed by atoms with van der Waals surface area (Å²) < 4.78 is 11.2. The smallest absolute Gasteiger partial charge is 0.119 e. The van der Waals surface area contributed by atoms with Gasteiger partial charge in [-0.05, 0) is 85.3 Å². The lowest BCUT2D eigenvalue weighted by molar-refractivity contribution is 0.340. The topological polar surface area (TPSA) is 44.2 Å². The summed E-state index contributed by atoms with van der Waals surface area (Å²) in [7, 11) is 0. The second kappa shape index (κ2) is 8.67. The molecule has 4 aromatic carbocycles. The fourth-order valence-electron chi connectivity index (χ4n) is 3.90. The van der Waals surface area contributed by atoms with E-state index < -0.39 is 0 Å². The van der Waals surface area contributed by atoms with Gasteiger partial charge in [-0.15, -0.1) is 0 Å². The van der Waals surface area contributed by atoms with Gasteiger partial charge < -0.3 is 9.47 Å². The monoisotopic (exact) mass is 420 g/mol. The maximum absolute atomic E-state index is 5.62. The van der Waals surface area contributed by atoms with E-state index >= 15 is 0 Å². The van der Waals surface area contributed by atoms with E-state index in [4.69, 9.17) is 19.4 Å². The van der Waals surface area contributed by atoms with Crippen LogP contribution in [0.5, 0.6) is 11.5 Å². The highest BCUT2D eigenvalue weighted by molar-refractivity contribution is 5.97. The van der Waals surface area contributed by atoms with Crippen molar-refractivity contribution in [2.24, 2.45) is 0 Å². The Bertz CT molecular complexity index is 1270. The molecule has 0 saturated heterocycles. The summed E-state index contributed by atoms with van der Waals surface area (Å²) in [6.07, 6.45) is 0. The highest BCUT2D eigenvalue weighted by atomic mass is 16.5. The number of rotatable bonds is 6. The van der Waals surface area contributed by atoms with Crippen LogP contribution in [0.1, 0.15) is 13.8 Å². The number of ether oxygens (including phenoxy) is 2. The van der Waals surface area contributed by atoms with E-state index in [9.17, 15) is 0 Å². The average molecular weight is 421 g/mol. The van der Waals surface area contributed by atoms with Crippen molar-refractivity contribution in [2.75, 3.05) is 13.2 Å². The molecule has 0 radical (unpaired) electrons. The van der Waals surface area contributed by atoms with Crippen LogP contribution in [0.25, 0.3) is 44.3 Å². The van der Waals surface area contributed by atoms with Crippen LogP contribution in [0.2, 0.25) is 0 Å². The van der Waals surface area contributed by atoms with Gasteiger partial charge in [0.25, 0.3) is 0 Å². The predicted molar refractivity (Wildman–Crippen MR) is 130 cm³/mol. The molecule has 0 aliphatic rings. The Morgan fingerprint density at radius 1 is 0.562 bits per heavy atom. The summed E-state index contributed by atoms with van der Waals surface area (Å²) in [4.78, 5) is 10.1. The minimum absolute atomic E-state index is 0.639. The molecule has 0 N–H and O–H groups in total. The minimum Gasteiger partial charge on any atom is -0.494 e. The van der Waals surface area contributed by atoms with Crippen LogP contribution in [0, 0.1) is 0 Å². The molecule has 0 amide bonds. The van der Waals surface area contributed by atoms with Crippen LogP contribution in [-0.2, 0) is 0 Å². The number of hydrogen-bond acceptors (Lipinski definition) is 4. The summed E-state index contributed by atoms with van der Waals surface area (Å²) in [6.45, 7) is 5.24. The molecule has 0 bridgehead atoms. The molecule has 4 heteroatoms. The van der Waals surface area contributed by atoms with Crippen molar-refractivity contribution < 1.29 is 9.47 Å². The SMILES string of the molecule is CCOc1ccc(-c2nc3cc4ccccc4cc3nc2-c2ccc(OCC)cc2)cc1. The van der Waals surface area contributed by atoms with Crippen LogP contribution in [0.3, 0.4) is 0 Å². The summed E-state index contributed by atoms with van der Waals surface area (Å²) >= 11 is 0. The molecular formula is C28H24N2O2. The van der Waals surface area contributed by atoms with Gasteiger partial charge in [0.05, 0.1) is 35.6 Å². The summed E-state index contributed by atoms with van der Waals surface area (Å²) in [6, 6.07) is 28.6. The zero-order chi connectivity index (χ0) is 21.9. The van der Waals surface area contributed by atoms with Gasteiger partial charge in [0.15, 0.2) is 0 Å². The lowest BCUT2D eigenvalue weighted by Gasteiger charge is -2.13. The highest BCUT2D eigenvalue weighted by Gasteiger charge is 2.14. The summed E-state index contributed by atoms with van der Waals surface area (Å²) in [5.74, 6) is 1.69. The number of benzene rings is 4. The van der Waals surface area contributed by atoms with Crippen molar-refractivity contribution in [3.8, 4) is 34.0 Å². The third-order valence-electron chi connectivity index (χ3n) is 5.41. The van der Waals surface area contributed by atoms with E-state index in [1.807, 2.05) is 74.5 Å². The van der Waals surface area contributed by atoms with Gasteiger partial charge in [0.1, 0.15) is 11.5 Å². The quantitative estimate of drug-likeness (QED) is 0.280. The molecule has 32 heavy (non-hydrogen) atoms. The molecule has 0 atom stereocenters. The second-order valence-electron chi connectivity index (χ2n) is 7.52. The maximum atomic E-state index is 5.62. The Hall–Kier alpha value is -3.92. The number of fused-ring (bicyclic) bond motifs is 2. The molecular weight excluding hydrogens is 396 g/mol. The van der Waals surface area contributed by atoms with Crippen LogP contribution < -0.4 is 9.47 Å². The Kier molecular flexibility index (Phi) is 5.42. The molecule has 0 spiro atoms. The molecule has 0 unspecified atom stereocenters. The van der Waals surface area contributed by atoms with Crippen LogP contribution in [0.4, 0.5) is 0 Å². The van der Waals surface area contributed by atoms with Crippen LogP contribution in [-0.4, -0.2) is 23.2 Å². The first kappa shape index (κ1) is 20.0. The normalized spacial score (nSPS) is 11.1. The van der Waals surface area contributed by atoms with Crippen molar-refractivity contribution in [1.29, 1.82) is 0 Å².